The molecular weight excluding hydrogens is 306 g/mol. The molecule has 0 bridgehead atoms. The lowest BCUT2D eigenvalue weighted by Gasteiger charge is -2.27. The van der Waals surface area contributed by atoms with Gasteiger partial charge in [-0.25, -0.2) is 4.79 Å². The fourth-order valence-electron chi connectivity index (χ4n) is 2.41. The quantitative estimate of drug-likeness (QED) is 0.847. The van der Waals surface area contributed by atoms with E-state index in [4.69, 9.17) is 9.84 Å². The molecule has 0 spiro atoms. The van der Waals surface area contributed by atoms with Crippen LogP contribution in [0.3, 0.4) is 0 Å². The first kappa shape index (κ1) is 17.5. The van der Waals surface area contributed by atoms with Gasteiger partial charge in [0.2, 0.25) is 0 Å². The number of aliphatic carboxylic acids is 1. The van der Waals surface area contributed by atoms with Crippen LogP contribution >= 0.6 is 0 Å². The highest BCUT2D eigenvalue weighted by molar-refractivity contribution is 5.77. The lowest BCUT2D eigenvalue weighted by molar-refractivity contribution is -0.138. The lowest BCUT2D eigenvalue weighted by atomic mass is 10.1. The van der Waals surface area contributed by atoms with Crippen LogP contribution < -0.4 is 0 Å². The Morgan fingerprint density at radius 1 is 1.00 bits per heavy atom. The number of carbonyl (C=O) groups is 2. The van der Waals surface area contributed by atoms with Crippen LogP contribution in [-0.2, 0) is 22.6 Å². The smallest absolute Gasteiger partial charge is 0.410 e. The zero-order valence-electron chi connectivity index (χ0n) is 13.6. The Kier molecular flexibility index (Phi) is 6.37. The van der Waals surface area contributed by atoms with E-state index in [2.05, 4.69) is 0 Å². The van der Waals surface area contributed by atoms with Crippen molar-refractivity contribution in [3.05, 3.63) is 71.8 Å². The van der Waals surface area contributed by atoms with Gasteiger partial charge in [0.1, 0.15) is 13.2 Å². The van der Waals surface area contributed by atoms with Crippen LogP contribution in [0.4, 0.5) is 4.79 Å². The zero-order valence-corrected chi connectivity index (χ0v) is 13.6. The third kappa shape index (κ3) is 5.43. The van der Waals surface area contributed by atoms with Crippen molar-refractivity contribution >= 4 is 12.1 Å². The van der Waals surface area contributed by atoms with E-state index < -0.39 is 12.1 Å². The molecule has 1 amide bonds. The van der Waals surface area contributed by atoms with E-state index in [1.807, 2.05) is 67.6 Å². The molecule has 24 heavy (non-hydrogen) atoms. The Hall–Kier alpha value is -2.82. The number of carboxylic acids is 1. The Morgan fingerprint density at radius 3 is 2.08 bits per heavy atom. The molecule has 0 aliphatic heterocycles. The van der Waals surface area contributed by atoms with E-state index in [1.54, 1.807) is 0 Å². The number of hydrogen-bond acceptors (Lipinski definition) is 3. The van der Waals surface area contributed by atoms with Gasteiger partial charge < -0.3 is 9.84 Å². The summed E-state index contributed by atoms with van der Waals surface area (Å²) in [5.74, 6) is -1.06. The largest absolute Gasteiger partial charge is 0.480 e. The molecule has 2 rings (SSSR count). The fourth-order valence-corrected chi connectivity index (χ4v) is 2.41. The molecule has 1 N–H and O–H groups in total. The van der Waals surface area contributed by atoms with Gasteiger partial charge in [-0.3, -0.25) is 9.69 Å². The molecule has 126 valence electrons. The minimum Gasteiger partial charge on any atom is -0.480 e. The van der Waals surface area contributed by atoms with Crippen LogP contribution in [0.1, 0.15) is 18.1 Å². The third-order valence-electron chi connectivity index (χ3n) is 3.65. The summed E-state index contributed by atoms with van der Waals surface area (Å²) in [5.41, 5.74) is 1.90. The summed E-state index contributed by atoms with van der Waals surface area (Å²) < 4.78 is 5.27. The topological polar surface area (TPSA) is 66.8 Å². The van der Waals surface area contributed by atoms with Crippen LogP contribution in [0.25, 0.3) is 0 Å². The Morgan fingerprint density at radius 2 is 1.54 bits per heavy atom. The first-order valence-electron chi connectivity index (χ1n) is 7.79. The second kappa shape index (κ2) is 8.72. The van der Waals surface area contributed by atoms with E-state index >= 15 is 0 Å². The van der Waals surface area contributed by atoms with Crippen molar-refractivity contribution in [3.63, 3.8) is 0 Å². The predicted molar refractivity (Wildman–Crippen MR) is 90.6 cm³/mol. The third-order valence-corrected chi connectivity index (χ3v) is 3.65. The molecule has 0 heterocycles. The molecule has 0 aromatic heterocycles. The number of benzene rings is 2. The van der Waals surface area contributed by atoms with Crippen LogP contribution in [0.15, 0.2) is 60.7 Å². The standard InChI is InChI=1S/C19H21NO4/c1-15(12-16-8-4-2-5-9-16)20(13-18(21)22)19(23)24-14-17-10-6-3-7-11-17/h2-11,15H,12-14H2,1H3,(H,21,22). The summed E-state index contributed by atoms with van der Waals surface area (Å²) in [4.78, 5) is 24.7. The molecular formula is C19H21NO4. The summed E-state index contributed by atoms with van der Waals surface area (Å²) in [5, 5.41) is 9.08. The second-order valence-electron chi connectivity index (χ2n) is 5.60. The van der Waals surface area contributed by atoms with Crippen molar-refractivity contribution in [2.24, 2.45) is 0 Å². The monoisotopic (exact) mass is 327 g/mol. The van der Waals surface area contributed by atoms with Crippen LogP contribution in [0.5, 0.6) is 0 Å². The van der Waals surface area contributed by atoms with Crippen molar-refractivity contribution in [1.82, 2.24) is 4.90 Å². The van der Waals surface area contributed by atoms with Gasteiger partial charge in [0.25, 0.3) is 0 Å². The van der Waals surface area contributed by atoms with Gasteiger partial charge in [-0.15, -0.1) is 0 Å². The van der Waals surface area contributed by atoms with Gasteiger partial charge in [0, 0.05) is 6.04 Å². The summed E-state index contributed by atoms with van der Waals surface area (Å²) in [7, 11) is 0. The van der Waals surface area contributed by atoms with Gasteiger partial charge in [-0.2, -0.15) is 0 Å². The average Bonchev–Trinajstić information content (AvgIpc) is 2.59. The van der Waals surface area contributed by atoms with E-state index in [9.17, 15) is 9.59 Å². The maximum atomic E-state index is 12.3. The fraction of sp³-hybridized carbons (Fsp3) is 0.263. The molecule has 5 heteroatoms. The number of ether oxygens (including phenoxy) is 1. The van der Waals surface area contributed by atoms with Crippen LogP contribution in [-0.4, -0.2) is 34.7 Å². The van der Waals surface area contributed by atoms with Gasteiger partial charge in [-0.05, 0) is 24.5 Å². The van der Waals surface area contributed by atoms with Gasteiger partial charge in [-0.1, -0.05) is 60.7 Å². The normalized spacial score (nSPS) is 11.5. The van der Waals surface area contributed by atoms with Crippen molar-refractivity contribution in [3.8, 4) is 0 Å². The lowest BCUT2D eigenvalue weighted by Crippen LogP contribution is -2.43. The Labute approximate surface area is 141 Å². The van der Waals surface area contributed by atoms with Crippen LogP contribution in [0.2, 0.25) is 0 Å². The highest BCUT2D eigenvalue weighted by Gasteiger charge is 2.24. The van der Waals surface area contributed by atoms with E-state index in [1.165, 1.54) is 4.90 Å². The van der Waals surface area contributed by atoms with Crippen LogP contribution in [0, 0.1) is 0 Å². The zero-order chi connectivity index (χ0) is 17.4. The first-order valence-corrected chi connectivity index (χ1v) is 7.79. The summed E-state index contributed by atoms with van der Waals surface area (Å²) in [6.07, 6.45) is -0.0566. The predicted octanol–water partition coefficient (Wildman–Crippen LogP) is 3.34. The SMILES string of the molecule is CC(Cc1ccccc1)N(CC(=O)O)C(=O)OCc1ccccc1. The molecule has 0 saturated heterocycles. The number of rotatable bonds is 7. The highest BCUT2D eigenvalue weighted by Crippen LogP contribution is 2.11. The van der Waals surface area contributed by atoms with Gasteiger partial charge >= 0.3 is 12.1 Å². The minimum atomic E-state index is -1.06. The summed E-state index contributed by atoms with van der Waals surface area (Å²) in [6, 6.07) is 18.6. The molecule has 1 atom stereocenters. The average molecular weight is 327 g/mol. The number of carboxylic acid groups (broad SMARTS) is 1. The molecule has 2 aromatic rings. The van der Waals surface area contributed by atoms with Crippen molar-refractivity contribution < 1.29 is 19.4 Å². The van der Waals surface area contributed by atoms with E-state index in [0.717, 1.165) is 11.1 Å². The molecule has 5 nitrogen and oxygen atoms in total. The minimum absolute atomic E-state index is 0.119. The molecule has 1 unspecified atom stereocenters. The van der Waals surface area contributed by atoms with Crippen molar-refractivity contribution in [2.45, 2.75) is 26.0 Å². The maximum absolute atomic E-state index is 12.3. The van der Waals surface area contributed by atoms with Gasteiger partial charge in [0.05, 0.1) is 0 Å². The molecule has 0 aliphatic carbocycles. The summed E-state index contributed by atoms with van der Waals surface area (Å²) >= 11 is 0. The van der Waals surface area contributed by atoms with Crippen molar-refractivity contribution in [2.75, 3.05) is 6.54 Å². The highest BCUT2D eigenvalue weighted by atomic mass is 16.6. The van der Waals surface area contributed by atoms with Crippen molar-refractivity contribution in [1.29, 1.82) is 0 Å². The molecule has 0 aliphatic rings. The number of nitrogens with zero attached hydrogens (tertiary/aromatic N) is 1. The second-order valence-corrected chi connectivity index (χ2v) is 5.60. The van der Waals surface area contributed by atoms with Gasteiger partial charge in [0.15, 0.2) is 0 Å². The summed E-state index contributed by atoms with van der Waals surface area (Å²) in [6.45, 7) is 1.55. The first-order chi connectivity index (χ1) is 11.6. The number of hydrogen-bond donors (Lipinski definition) is 1. The molecule has 0 radical (unpaired) electrons. The Balaban J connectivity index is 2.00. The maximum Gasteiger partial charge on any atom is 0.410 e. The number of amides is 1. The molecule has 0 saturated carbocycles. The molecule has 2 aromatic carbocycles. The Bertz CT molecular complexity index is 658. The van der Waals surface area contributed by atoms with E-state index in [-0.39, 0.29) is 19.2 Å². The van der Waals surface area contributed by atoms with E-state index in [0.29, 0.717) is 6.42 Å². The molecule has 0 fully saturated rings. The number of carbonyl (C=O) groups excluding carboxylic acids is 1.